The van der Waals surface area contributed by atoms with E-state index >= 15 is 0 Å². The number of carbonyl (C=O) groups excluding carboxylic acids is 1. The van der Waals surface area contributed by atoms with Gasteiger partial charge in [-0.05, 0) is 11.6 Å². The number of hydrogen-bond acceptors (Lipinski definition) is 4. The van der Waals surface area contributed by atoms with Gasteiger partial charge < -0.3 is 4.74 Å². The van der Waals surface area contributed by atoms with E-state index in [9.17, 15) is 9.18 Å². The molecule has 0 N–H and O–H groups in total. The topological polar surface area (TPSA) is 63.0 Å². The first kappa shape index (κ1) is 11.9. The number of ether oxygens (including phenoxy) is 1. The Morgan fingerprint density at radius 1 is 1.75 bits per heavy atom. The molecule has 4 nitrogen and oxygen atoms in total. The lowest BCUT2D eigenvalue weighted by atomic mass is 10.2. The van der Waals surface area contributed by atoms with Gasteiger partial charge in [0.1, 0.15) is 6.07 Å². The molecule has 0 fully saturated rings. The third-order valence-electron chi connectivity index (χ3n) is 1.79. The molecule has 0 saturated heterocycles. The van der Waals surface area contributed by atoms with Crippen LogP contribution in [-0.4, -0.2) is 18.1 Å². The summed E-state index contributed by atoms with van der Waals surface area (Å²) >= 11 is 0. The molecule has 5 heteroatoms. The fourth-order valence-electron chi connectivity index (χ4n) is 1.00. The Kier molecular flexibility index (Phi) is 4.16. The minimum absolute atomic E-state index is 0.109. The molecular weight excluding hydrogens is 211 g/mol. The molecule has 0 amide bonds. The van der Waals surface area contributed by atoms with Crippen LogP contribution >= 0.6 is 0 Å². The van der Waals surface area contributed by atoms with E-state index < -0.39 is 5.82 Å². The fourth-order valence-corrected chi connectivity index (χ4v) is 1.00. The highest BCUT2D eigenvalue weighted by atomic mass is 19.1. The van der Waals surface area contributed by atoms with Gasteiger partial charge in [0.05, 0.1) is 13.5 Å². The zero-order valence-corrected chi connectivity index (χ0v) is 8.61. The van der Waals surface area contributed by atoms with E-state index in [2.05, 4.69) is 9.72 Å². The Bertz CT molecular complexity index is 464. The van der Waals surface area contributed by atoms with Crippen LogP contribution in [0.15, 0.2) is 18.3 Å². The maximum Gasteiger partial charge on any atom is 0.309 e. The number of carbonyl (C=O) groups is 1. The standard InChI is InChI=1S/C11H9FN2O2/c1-16-11(15)4-2-3-8-5-9(12)10(6-13)14-7-8/h2-3,5,7H,4H2,1H3. The van der Waals surface area contributed by atoms with Crippen molar-refractivity contribution in [3.8, 4) is 6.07 Å². The fraction of sp³-hybridized carbons (Fsp3) is 0.182. The average molecular weight is 220 g/mol. The van der Waals surface area contributed by atoms with Crippen LogP contribution in [0.25, 0.3) is 6.08 Å². The van der Waals surface area contributed by atoms with E-state index in [1.54, 1.807) is 6.07 Å². The van der Waals surface area contributed by atoms with Crippen molar-refractivity contribution in [1.29, 1.82) is 5.26 Å². The van der Waals surface area contributed by atoms with Crippen LogP contribution in [0.5, 0.6) is 0 Å². The minimum Gasteiger partial charge on any atom is -0.469 e. The number of aromatic nitrogens is 1. The van der Waals surface area contributed by atoms with E-state index in [0.717, 1.165) is 0 Å². The molecule has 0 unspecified atom stereocenters. The smallest absolute Gasteiger partial charge is 0.309 e. The molecule has 82 valence electrons. The normalized spacial score (nSPS) is 10.1. The molecule has 0 bridgehead atoms. The summed E-state index contributed by atoms with van der Waals surface area (Å²) in [5.74, 6) is -1.05. The molecule has 0 saturated carbocycles. The van der Waals surface area contributed by atoms with Crippen LogP contribution in [0.4, 0.5) is 4.39 Å². The van der Waals surface area contributed by atoms with E-state index in [-0.39, 0.29) is 18.1 Å². The Balaban J connectivity index is 2.72. The summed E-state index contributed by atoms with van der Waals surface area (Å²) in [6.07, 6.45) is 4.54. The summed E-state index contributed by atoms with van der Waals surface area (Å²) in [7, 11) is 1.29. The Morgan fingerprint density at radius 2 is 2.50 bits per heavy atom. The molecule has 1 heterocycles. The molecule has 0 aliphatic carbocycles. The van der Waals surface area contributed by atoms with Crippen molar-refractivity contribution in [3.63, 3.8) is 0 Å². The number of methoxy groups -OCH3 is 1. The Hall–Kier alpha value is -2.22. The van der Waals surface area contributed by atoms with Crippen LogP contribution in [0.3, 0.4) is 0 Å². The predicted octanol–water partition coefficient (Wildman–Crippen LogP) is 1.67. The number of nitrogens with zero attached hydrogens (tertiary/aromatic N) is 2. The lowest BCUT2D eigenvalue weighted by molar-refractivity contribution is -0.139. The largest absolute Gasteiger partial charge is 0.469 e. The third kappa shape index (κ3) is 3.17. The van der Waals surface area contributed by atoms with Gasteiger partial charge in [-0.2, -0.15) is 5.26 Å². The van der Waals surface area contributed by atoms with Crippen molar-refractivity contribution >= 4 is 12.0 Å². The Labute approximate surface area is 92.0 Å². The van der Waals surface area contributed by atoms with E-state index in [4.69, 9.17) is 5.26 Å². The molecule has 0 radical (unpaired) electrons. The third-order valence-corrected chi connectivity index (χ3v) is 1.79. The number of rotatable bonds is 3. The average Bonchev–Trinajstić information content (AvgIpc) is 2.29. The van der Waals surface area contributed by atoms with Gasteiger partial charge in [-0.3, -0.25) is 4.79 Å². The van der Waals surface area contributed by atoms with E-state index in [0.29, 0.717) is 5.56 Å². The van der Waals surface area contributed by atoms with Crippen molar-refractivity contribution in [2.75, 3.05) is 7.11 Å². The van der Waals surface area contributed by atoms with Crippen LogP contribution in [0, 0.1) is 17.1 Å². The van der Waals surface area contributed by atoms with Gasteiger partial charge in [0, 0.05) is 6.20 Å². The first-order chi connectivity index (χ1) is 7.67. The summed E-state index contributed by atoms with van der Waals surface area (Å²) < 4.78 is 17.5. The van der Waals surface area contributed by atoms with Gasteiger partial charge in [0.15, 0.2) is 11.5 Å². The monoisotopic (exact) mass is 220 g/mol. The maximum absolute atomic E-state index is 13.1. The highest BCUT2D eigenvalue weighted by Crippen LogP contribution is 2.08. The number of pyridine rings is 1. The van der Waals surface area contributed by atoms with Crippen molar-refractivity contribution in [3.05, 3.63) is 35.4 Å². The van der Waals surface area contributed by atoms with Gasteiger partial charge in [0.25, 0.3) is 0 Å². The van der Waals surface area contributed by atoms with Crippen molar-refractivity contribution < 1.29 is 13.9 Å². The second kappa shape index (κ2) is 5.61. The van der Waals surface area contributed by atoms with Crippen molar-refractivity contribution in [2.24, 2.45) is 0 Å². The van der Waals surface area contributed by atoms with Crippen molar-refractivity contribution in [2.45, 2.75) is 6.42 Å². The highest BCUT2D eigenvalue weighted by molar-refractivity contribution is 5.72. The number of esters is 1. The molecule has 0 aliphatic heterocycles. The Morgan fingerprint density at radius 3 is 3.06 bits per heavy atom. The van der Waals surface area contributed by atoms with Gasteiger partial charge >= 0.3 is 5.97 Å². The number of nitriles is 1. The highest BCUT2D eigenvalue weighted by Gasteiger charge is 2.02. The molecule has 1 aromatic heterocycles. The second-order valence-electron chi connectivity index (χ2n) is 2.89. The first-order valence-corrected chi connectivity index (χ1v) is 4.46. The van der Waals surface area contributed by atoms with Gasteiger partial charge in [0.2, 0.25) is 0 Å². The van der Waals surface area contributed by atoms with Gasteiger partial charge in [-0.1, -0.05) is 12.2 Å². The quantitative estimate of drug-likeness (QED) is 0.727. The van der Waals surface area contributed by atoms with Gasteiger partial charge in [-0.15, -0.1) is 0 Å². The second-order valence-corrected chi connectivity index (χ2v) is 2.89. The molecular formula is C11H9FN2O2. The van der Waals surface area contributed by atoms with Crippen LogP contribution in [0.1, 0.15) is 17.7 Å². The number of hydrogen-bond donors (Lipinski definition) is 0. The lowest BCUT2D eigenvalue weighted by Crippen LogP contribution is -1.96. The molecule has 0 aromatic carbocycles. The summed E-state index contributed by atoms with van der Waals surface area (Å²) in [6.45, 7) is 0. The summed E-state index contributed by atoms with van der Waals surface area (Å²) in [5.41, 5.74) is 0.241. The zero-order chi connectivity index (χ0) is 12.0. The molecule has 0 aliphatic rings. The first-order valence-electron chi connectivity index (χ1n) is 4.46. The number of halogens is 1. The minimum atomic E-state index is -0.678. The molecule has 0 atom stereocenters. The lowest BCUT2D eigenvalue weighted by Gasteiger charge is -1.95. The summed E-state index contributed by atoms with van der Waals surface area (Å²) in [6, 6.07) is 2.80. The molecule has 1 aromatic rings. The SMILES string of the molecule is COC(=O)CC=Cc1cnc(C#N)c(F)c1. The van der Waals surface area contributed by atoms with E-state index in [1.807, 2.05) is 0 Å². The molecule has 1 rings (SSSR count). The molecule has 16 heavy (non-hydrogen) atoms. The van der Waals surface area contributed by atoms with Crippen molar-refractivity contribution in [1.82, 2.24) is 4.98 Å². The predicted molar refractivity (Wildman–Crippen MR) is 54.6 cm³/mol. The summed E-state index contributed by atoms with van der Waals surface area (Å²) in [5, 5.41) is 8.46. The van der Waals surface area contributed by atoms with Crippen LogP contribution < -0.4 is 0 Å². The molecule has 0 spiro atoms. The van der Waals surface area contributed by atoms with Crippen LogP contribution in [-0.2, 0) is 9.53 Å². The zero-order valence-electron chi connectivity index (χ0n) is 8.61. The summed E-state index contributed by atoms with van der Waals surface area (Å²) in [4.78, 5) is 14.4. The maximum atomic E-state index is 13.1. The van der Waals surface area contributed by atoms with Crippen LogP contribution in [0.2, 0.25) is 0 Å². The van der Waals surface area contributed by atoms with Gasteiger partial charge in [-0.25, -0.2) is 9.37 Å². The van der Waals surface area contributed by atoms with E-state index in [1.165, 1.54) is 31.5 Å².